The smallest absolute Gasteiger partial charge is 0.410 e. The minimum absolute atomic E-state index is 0.120. The van der Waals surface area contributed by atoms with Gasteiger partial charge in [-0.2, -0.15) is 0 Å². The molecule has 9 nitrogen and oxygen atoms in total. The third kappa shape index (κ3) is 6.32. The fourth-order valence-electron chi connectivity index (χ4n) is 6.55. The highest BCUT2D eigenvalue weighted by Crippen LogP contribution is 2.44. The summed E-state index contributed by atoms with van der Waals surface area (Å²) in [5.41, 5.74) is 3.48. The quantitative estimate of drug-likeness (QED) is 0.511. The molecule has 2 aromatic carbocycles. The molecule has 0 aromatic heterocycles. The lowest BCUT2D eigenvalue weighted by atomic mass is 9.98. The van der Waals surface area contributed by atoms with Crippen LogP contribution in [-0.2, 0) is 23.8 Å². The number of carboxylic acids is 1. The Balaban J connectivity index is 1.35. The predicted molar refractivity (Wildman–Crippen MR) is 157 cm³/mol. The number of rotatable bonds is 6. The van der Waals surface area contributed by atoms with Crippen LogP contribution in [0.1, 0.15) is 71.4 Å². The molecule has 2 aromatic rings. The SMILES string of the molecule is CC(C)(C)O[C@@H]1C[C@@H](C(=O)N2C[C@H](OC(C)(C)C)C[C@H]2C(=O)O)N(C(=O)OCC2c3ccccc3-c3ccccc32)C1. The third-order valence-corrected chi connectivity index (χ3v) is 7.99. The Hall–Kier alpha value is -3.43. The molecule has 226 valence electrons. The summed E-state index contributed by atoms with van der Waals surface area (Å²) < 4.78 is 18.2. The van der Waals surface area contributed by atoms with Gasteiger partial charge in [0.2, 0.25) is 5.91 Å². The highest BCUT2D eigenvalue weighted by atomic mass is 16.6. The minimum Gasteiger partial charge on any atom is -0.480 e. The Morgan fingerprint density at radius 3 is 1.74 bits per heavy atom. The molecule has 2 fully saturated rings. The number of likely N-dealkylation sites (tertiary alicyclic amines) is 2. The highest BCUT2D eigenvalue weighted by molar-refractivity contribution is 5.90. The Morgan fingerprint density at radius 2 is 1.24 bits per heavy atom. The maximum atomic E-state index is 14.0. The lowest BCUT2D eigenvalue weighted by Crippen LogP contribution is -2.51. The second kappa shape index (κ2) is 11.3. The van der Waals surface area contributed by atoms with Crippen LogP contribution < -0.4 is 0 Å². The number of fused-ring (bicyclic) bond motifs is 3. The molecular formula is C33H42N2O7. The summed E-state index contributed by atoms with van der Waals surface area (Å²) in [4.78, 5) is 42.6. The Morgan fingerprint density at radius 1 is 0.762 bits per heavy atom. The number of aliphatic carboxylic acids is 1. The molecule has 2 amide bonds. The van der Waals surface area contributed by atoms with Gasteiger partial charge >= 0.3 is 12.1 Å². The Bertz CT molecular complexity index is 1300. The fourth-order valence-corrected chi connectivity index (χ4v) is 6.55. The van der Waals surface area contributed by atoms with E-state index >= 15 is 0 Å². The molecule has 0 unspecified atom stereocenters. The standard InChI is InChI=1S/C33H42N2O7/c1-32(2,3)41-20-15-27(29(36)34-17-21(42-33(4,5)6)16-28(34)30(37)38)35(18-20)31(39)40-19-26-24-13-9-7-11-22(24)23-12-8-10-14-25(23)26/h7-14,20-21,26-28H,15-19H2,1-6H3,(H,37,38)/t20-,21-,27+,28+/m1/s1. The van der Waals surface area contributed by atoms with E-state index < -0.39 is 53.5 Å². The minimum atomic E-state index is -1.09. The second-order valence-corrected chi connectivity index (χ2v) is 13.5. The van der Waals surface area contributed by atoms with Crippen molar-refractivity contribution in [3.05, 3.63) is 59.7 Å². The van der Waals surface area contributed by atoms with Crippen LogP contribution in [0, 0.1) is 0 Å². The van der Waals surface area contributed by atoms with Crippen LogP contribution in [0.25, 0.3) is 11.1 Å². The number of carbonyl (C=O) groups is 3. The average Bonchev–Trinajstić information content (AvgIpc) is 3.59. The predicted octanol–water partition coefficient (Wildman–Crippen LogP) is 5.06. The molecule has 5 rings (SSSR count). The first-order chi connectivity index (χ1) is 19.7. The molecular weight excluding hydrogens is 536 g/mol. The molecule has 1 N–H and O–H groups in total. The van der Waals surface area contributed by atoms with Gasteiger partial charge in [0.05, 0.1) is 30.0 Å². The van der Waals surface area contributed by atoms with E-state index in [2.05, 4.69) is 24.3 Å². The lowest BCUT2D eigenvalue weighted by molar-refractivity contribution is -0.149. The summed E-state index contributed by atoms with van der Waals surface area (Å²) >= 11 is 0. The largest absolute Gasteiger partial charge is 0.480 e. The van der Waals surface area contributed by atoms with Gasteiger partial charge < -0.3 is 24.2 Å². The van der Waals surface area contributed by atoms with E-state index in [1.165, 1.54) is 9.80 Å². The highest BCUT2D eigenvalue weighted by Gasteiger charge is 2.49. The van der Waals surface area contributed by atoms with Gasteiger partial charge in [-0.05, 0) is 63.8 Å². The van der Waals surface area contributed by atoms with E-state index in [0.29, 0.717) is 0 Å². The van der Waals surface area contributed by atoms with Crippen LogP contribution in [-0.4, -0.2) is 88.1 Å². The first-order valence-corrected chi connectivity index (χ1v) is 14.7. The molecule has 42 heavy (non-hydrogen) atoms. The molecule has 3 aliphatic rings. The number of hydrogen-bond donors (Lipinski definition) is 1. The van der Waals surface area contributed by atoms with E-state index in [0.717, 1.165) is 22.3 Å². The lowest BCUT2D eigenvalue weighted by Gasteiger charge is -2.30. The van der Waals surface area contributed by atoms with Gasteiger partial charge in [0.1, 0.15) is 18.7 Å². The number of hydrogen-bond acceptors (Lipinski definition) is 6. The zero-order chi connectivity index (χ0) is 30.4. The van der Waals surface area contributed by atoms with Gasteiger partial charge in [-0.15, -0.1) is 0 Å². The molecule has 0 saturated carbocycles. The van der Waals surface area contributed by atoms with Crippen molar-refractivity contribution in [3.63, 3.8) is 0 Å². The zero-order valence-electron chi connectivity index (χ0n) is 25.3. The molecule has 1 aliphatic carbocycles. The maximum absolute atomic E-state index is 14.0. The van der Waals surface area contributed by atoms with Crippen LogP contribution in [0.4, 0.5) is 4.79 Å². The molecule has 0 radical (unpaired) electrons. The van der Waals surface area contributed by atoms with Gasteiger partial charge in [-0.25, -0.2) is 9.59 Å². The van der Waals surface area contributed by atoms with Crippen molar-refractivity contribution in [1.29, 1.82) is 0 Å². The Labute approximate surface area is 247 Å². The normalized spacial score (nSPS) is 24.0. The molecule has 9 heteroatoms. The number of benzene rings is 2. The number of carboxylic acid groups (broad SMARTS) is 1. The molecule has 0 spiro atoms. The van der Waals surface area contributed by atoms with Crippen molar-refractivity contribution in [2.45, 2.75) is 95.8 Å². The summed E-state index contributed by atoms with van der Waals surface area (Å²) in [5, 5.41) is 9.96. The van der Waals surface area contributed by atoms with Crippen molar-refractivity contribution >= 4 is 18.0 Å². The van der Waals surface area contributed by atoms with Crippen molar-refractivity contribution in [3.8, 4) is 11.1 Å². The van der Waals surface area contributed by atoms with Gasteiger partial charge in [0, 0.05) is 25.3 Å². The van der Waals surface area contributed by atoms with E-state index in [-0.39, 0.29) is 38.5 Å². The first-order valence-electron chi connectivity index (χ1n) is 14.7. The molecule has 2 aliphatic heterocycles. The number of ether oxygens (including phenoxy) is 3. The average molecular weight is 579 g/mol. The number of nitrogens with zero attached hydrogens (tertiary/aromatic N) is 2. The van der Waals surface area contributed by atoms with Crippen molar-refractivity contribution in [1.82, 2.24) is 9.80 Å². The molecule has 2 heterocycles. The summed E-state index contributed by atoms with van der Waals surface area (Å²) in [5.74, 6) is -1.63. The summed E-state index contributed by atoms with van der Waals surface area (Å²) in [6, 6.07) is 14.3. The molecule has 2 saturated heterocycles. The van der Waals surface area contributed by atoms with E-state index in [9.17, 15) is 19.5 Å². The van der Waals surface area contributed by atoms with E-state index in [1.807, 2.05) is 65.8 Å². The maximum Gasteiger partial charge on any atom is 0.410 e. The summed E-state index contributed by atoms with van der Waals surface area (Å²) in [6.45, 7) is 11.9. The van der Waals surface area contributed by atoms with Crippen LogP contribution in [0.3, 0.4) is 0 Å². The first kappa shape index (κ1) is 30.0. The van der Waals surface area contributed by atoms with Crippen LogP contribution in [0.15, 0.2) is 48.5 Å². The second-order valence-electron chi connectivity index (χ2n) is 13.5. The zero-order valence-corrected chi connectivity index (χ0v) is 25.3. The van der Waals surface area contributed by atoms with Crippen LogP contribution in [0.2, 0.25) is 0 Å². The topological polar surface area (TPSA) is 106 Å². The van der Waals surface area contributed by atoms with Gasteiger partial charge in [-0.1, -0.05) is 48.5 Å². The summed E-state index contributed by atoms with van der Waals surface area (Å²) in [6.07, 6.45) is -0.969. The van der Waals surface area contributed by atoms with Crippen LogP contribution >= 0.6 is 0 Å². The number of amides is 2. The van der Waals surface area contributed by atoms with E-state index in [4.69, 9.17) is 14.2 Å². The number of carbonyl (C=O) groups excluding carboxylic acids is 2. The van der Waals surface area contributed by atoms with Crippen LogP contribution in [0.5, 0.6) is 0 Å². The van der Waals surface area contributed by atoms with Crippen molar-refractivity contribution in [2.75, 3.05) is 19.7 Å². The third-order valence-electron chi connectivity index (χ3n) is 7.99. The molecule has 0 bridgehead atoms. The van der Waals surface area contributed by atoms with E-state index in [1.54, 1.807) is 0 Å². The van der Waals surface area contributed by atoms with Crippen molar-refractivity contribution < 1.29 is 33.7 Å². The van der Waals surface area contributed by atoms with Gasteiger partial charge in [0.15, 0.2) is 0 Å². The van der Waals surface area contributed by atoms with Crippen molar-refractivity contribution in [2.24, 2.45) is 0 Å². The fraction of sp³-hybridized carbons (Fsp3) is 0.545. The monoisotopic (exact) mass is 578 g/mol. The Kier molecular flexibility index (Phi) is 8.11. The van der Waals surface area contributed by atoms with Gasteiger partial charge in [0.25, 0.3) is 0 Å². The van der Waals surface area contributed by atoms with Gasteiger partial charge in [-0.3, -0.25) is 9.69 Å². The molecule has 4 atom stereocenters. The summed E-state index contributed by atoms with van der Waals surface area (Å²) in [7, 11) is 0.